The van der Waals surface area contributed by atoms with Gasteiger partial charge in [0, 0.05) is 23.6 Å². The zero-order valence-corrected chi connectivity index (χ0v) is 10.3. The van der Waals surface area contributed by atoms with Gasteiger partial charge < -0.3 is 15.8 Å². The van der Waals surface area contributed by atoms with Crippen molar-refractivity contribution >= 4 is 17.3 Å². The lowest BCUT2D eigenvalue weighted by molar-refractivity contribution is 0.305. The van der Waals surface area contributed by atoms with Crippen molar-refractivity contribution < 1.29 is 4.74 Å². The molecule has 0 aliphatic carbocycles. The number of benzene rings is 1. The van der Waals surface area contributed by atoms with Gasteiger partial charge in [-0.05, 0) is 24.6 Å². The first-order valence-electron chi connectivity index (χ1n) is 5.86. The Kier molecular flexibility index (Phi) is 3.96. The van der Waals surface area contributed by atoms with Crippen LogP contribution in [0, 0.1) is 0 Å². The first kappa shape index (κ1) is 12.2. The molecule has 3 N–H and O–H groups in total. The number of aromatic nitrogens is 2. The van der Waals surface area contributed by atoms with Crippen LogP contribution in [-0.4, -0.2) is 16.6 Å². The number of anilines is 3. The first-order valence-corrected chi connectivity index (χ1v) is 5.86. The lowest BCUT2D eigenvalue weighted by Gasteiger charge is -2.07. The second-order valence-corrected chi connectivity index (χ2v) is 3.82. The maximum Gasteiger partial charge on any atom is 0.230 e. The number of nitrogens with zero attached hydrogens (tertiary/aromatic N) is 2. The Morgan fingerprint density at radius 1 is 1.33 bits per heavy atom. The number of rotatable bonds is 5. The van der Waals surface area contributed by atoms with Crippen molar-refractivity contribution in [3.63, 3.8) is 0 Å². The van der Waals surface area contributed by atoms with Gasteiger partial charge in [-0.2, -0.15) is 4.98 Å². The molecule has 1 aromatic carbocycles. The van der Waals surface area contributed by atoms with Crippen LogP contribution in [-0.2, 0) is 0 Å². The molecule has 0 atom stereocenters. The lowest BCUT2D eigenvalue weighted by Crippen LogP contribution is -2.01. The number of nitrogen functional groups attached to an aromatic ring is 1. The average Bonchev–Trinajstić information content (AvgIpc) is 2.37. The summed E-state index contributed by atoms with van der Waals surface area (Å²) in [4.78, 5) is 8.38. The van der Waals surface area contributed by atoms with Gasteiger partial charge in [0.1, 0.15) is 0 Å². The standard InChI is InChI=1S/C13H16N4O/c1-2-8-18-12-6-7-15-13(17-12)16-11-5-3-4-10(14)9-11/h3-7,9H,2,8,14H2,1H3,(H,15,16,17). The smallest absolute Gasteiger partial charge is 0.230 e. The SMILES string of the molecule is CCCOc1ccnc(Nc2cccc(N)c2)n1. The molecule has 0 unspecified atom stereocenters. The number of nitrogens with one attached hydrogen (secondary N) is 1. The summed E-state index contributed by atoms with van der Waals surface area (Å²) in [7, 11) is 0. The van der Waals surface area contributed by atoms with E-state index in [2.05, 4.69) is 15.3 Å². The molecular formula is C13H16N4O. The second kappa shape index (κ2) is 5.86. The van der Waals surface area contributed by atoms with Gasteiger partial charge in [-0.1, -0.05) is 13.0 Å². The highest BCUT2D eigenvalue weighted by Crippen LogP contribution is 2.17. The lowest BCUT2D eigenvalue weighted by atomic mass is 10.3. The highest BCUT2D eigenvalue weighted by atomic mass is 16.5. The van der Waals surface area contributed by atoms with Crippen molar-refractivity contribution in [2.75, 3.05) is 17.7 Å². The molecule has 2 aromatic rings. The molecule has 2 rings (SSSR count). The molecule has 0 amide bonds. The molecule has 0 fully saturated rings. The molecule has 18 heavy (non-hydrogen) atoms. The highest BCUT2D eigenvalue weighted by molar-refractivity contribution is 5.59. The van der Waals surface area contributed by atoms with E-state index in [-0.39, 0.29) is 0 Å². The molecule has 0 saturated heterocycles. The van der Waals surface area contributed by atoms with Gasteiger partial charge in [-0.25, -0.2) is 4.98 Å². The second-order valence-electron chi connectivity index (χ2n) is 3.82. The van der Waals surface area contributed by atoms with E-state index >= 15 is 0 Å². The topological polar surface area (TPSA) is 73.1 Å². The molecule has 0 radical (unpaired) electrons. The minimum atomic E-state index is 0.495. The molecule has 0 saturated carbocycles. The molecule has 5 nitrogen and oxygen atoms in total. The van der Waals surface area contributed by atoms with E-state index in [1.807, 2.05) is 31.2 Å². The van der Waals surface area contributed by atoms with E-state index in [9.17, 15) is 0 Å². The van der Waals surface area contributed by atoms with Crippen molar-refractivity contribution in [1.29, 1.82) is 0 Å². The van der Waals surface area contributed by atoms with E-state index in [1.54, 1.807) is 12.3 Å². The molecule has 0 spiro atoms. The Morgan fingerprint density at radius 2 is 2.22 bits per heavy atom. The van der Waals surface area contributed by atoms with Crippen LogP contribution in [0.3, 0.4) is 0 Å². The minimum Gasteiger partial charge on any atom is -0.478 e. The number of hydrogen-bond acceptors (Lipinski definition) is 5. The summed E-state index contributed by atoms with van der Waals surface area (Å²) in [6, 6.07) is 9.16. The Balaban J connectivity index is 2.09. The monoisotopic (exact) mass is 244 g/mol. The van der Waals surface area contributed by atoms with Gasteiger partial charge in [0.2, 0.25) is 11.8 Å². The Hall–Kier alpha value is -2.30. The Morgan fingerprint density at radius 3 is 3.00 bits per heavy atom. The number of hydrogen-bond donors (Lipinski definition) is 2. The fourth-order valence-corrected chi connectivity index (χ4v) is 1.43. The molecule has 0 bridgehead atoms. The van der Waals surface area contributed by atoms with Gasteiger partial charge in [0.15, 0.2) is 0 Å². The highest BCUT2D eigenvalue weighted by Gasteiger charge is 2.00. The molecule has 0 aliphatic rings. The predicted molar refractivity (Wildman–Crippen MR) is 72.0 cm³/mol. The summed E-state index contributed by atoms with van der Waals surface area (Å²) in [6.07, 6.45) is 2.61. The maximum atomic E-state index is 5.70. The van der Waals surface area contributed by atoms with Gasteiger partial charge in [-0.15, -0.1) is 0 Å². The fourth-order valence-electron chi connectivity index (χ4n) is 1.43. The third kappa shape index (κ3) is 3.35. The number of nitrogens with two attached hydrogens (primary N) is 1. The molecule has 1 heterocycles. The zero-order valence-electron chi connectivity index (χ0n) is 10.3. The van der Waals surface area contributed by atoms with Crippen LogP contribution in [0.5, 0.6) is 5.88 Å². The first-order chi connectivity index (χ1) is 8.78. The van der Waals surface area contributed by atoms with E-state index in [1.165, 1.54) is 0 Å². The summed E-state index contributed by atoms with van der Waals surface area (Å²) >= 11 is 0. The quantitative estimate of drug-likeness (QED) is 0.791. The van der Waals surface area contributed by atoms with Gasteiger partial charge in [0.25, 0.3) is 0 Å². The van der Waals surface area contributed by atoms with Crippen molar-refractivity contribution in [1.82, 2.24) is 9.97 Å². The minimum absolute atomic E-state index is 0.495. The van der Waals surface area contributed by atoms with Crippen molar-refractivity contribution in [2.45, 2.75) is 13.3 Å². The van der Waals surface area contributed by atoms with Crippen molar-refractivity contribution in [2.24, 2.45) is 0 Å². The average molecular weight is 244 g/mol. The van der Waals surface area contributed by atoms with Gasteiger partial charge in [-0.3, -0.25) is 0 Å². The van der Waals surface area contributed by atoms with Gasteiger partial charge in [0.05, 0.1) is 6.61 Å². The molecule has 1 aromatic heterocycles. The molecular weight excluding hydrogens is 228 g/mol. The molecule has 94 valence electrons. The van der Waals surface area contributed by atoms with Crippen LogP contribution < -0.4 is 15.8 Å². The molecule has 0 aliphatic heterocycles. The van der Waals surface area contributed by atoms with Crippen molar-refractivity contribution in [3.8, 4) is 5.88 Å². The Labute approximate surface area is 106 Å². The van der Waals surface area contributed by atoms with Crippen LogP contribution in [0.2, 0.25) is 0 Å². The number of ether oxygens (including phenoxy) is 1. The van der Waals surface area contributed by atoms with Crippen LogP contribution >= 0.6 is 0 Å². The maximum absolute atomic E-state index is 5.70. The molecule has 5 heteroatoms. The summed E-state index contributed by atoms with van der Waals surface area (Å²) in [6.45, 7) is 2.70. The van der Waals surface area contributed by atoms with Crippen LogP contribution in [0.4, 0.5) is 17.3 Å². The van der Waals surface area contributed by atoms with E-state index in [0.717, 1.165) is 12.1 Å². The summed E-state index contributed by atoms with van der Waals surface area (Å²) < 4.78 is 5.44. The largest absolute Gasteiger partial charge is 0.478 e. The van der Waals surface area contributed by atoms with Crippen LogP contribution in [0.15, 0.2) is 36.5 Å². The summed E-state index contributed by atoms with van der Waals surface area (Å²) in [5.74, 6) is 1.06. The van der Waals surface area contributed by atoms with E-state index in [0.29, 0.717) is 24.1 Å². The van der Waals surface area contributed by atoms with Gasteiger partial charge >= 0.3 is 0 Å². The normalized spacial score (nSPS) is 10.1. The van der Waals surface area contributed by atoms with E-state index in [4.69, 9.17) is 10.5 Å². The fraction of sp³-hybridized carbons (Fsp3) is 0.231. The van der Waals surface area contributed by atoms with E-state index < -0.39 is 0 Å². The zero-order chi connectivity index (χ0) is 12.8. The summed E-state index contributed by atoms with van der Waals surface area (Å²) in [5, 5.41) is 3.08. The Bertz CT molecular complexity index is 516. The third-order valence-corrected chi connectivity index (χ3v) is 2.23. The van der Waals surface area contributed by atoms with Crippen LogP contribution in [0.25, 0.3) is 0 Å². The van der Waals surface area contributed by atoms with Crippen LogP contribution in [0.1, 0.15) is 13.3 Å². The van der Waals surface area contributed by atoms with Crippen molar-refractivity contribution in [3.05, 3.63) is 36.5 Å². The third-order valence-electron chi connectivity index (χ3n) is 2.23. The predicted octanol–water partition coefficient (Wildman–Crippen LogP) is 2.59. The summed E-state index contributed by atoms with van der Waals surface area (Å²) in [5.41, 5.74) is 7.24.